The molecule has 3 heteroatoms. The summed E-state index contributed by atoms with van der Waals surface area (Å²) < 4.78 is 12.7. The Labute approximate surface area is 108 Å². The van der Waals surface area contributed by atoms with Crippen molar-refractivity contribution in [2.75, 3.05) is 0 Å². The number of halogens is 1. The standard InChI is InChI=1S/C15H20FNO/c1-4-8-15(18)9-6-7-12-17-13(3)10-11-14(16)5-2/h5-6,8-12,18H,3-4,7H2,1-2H3/b9-6-,11-10-,14-5+,15-8+,17-12+. The van der Waals surface area contributed by atoms with Crippen LogP contribution in [-0.2, 0) is 0 Å². The molecule has 1 N–H and O–H groups in total. The molecule has 0 aromatic rings. The van der Waals surface area contributed by atoms with E-state index in [0.29, 0.717) is 12.1 Å². The lowest BCUT2D eigenvalue weighted by Gasteiger charge is -1.90. The Balaban J connectivity index is 4.08. The van der Waals surface area contributed by atoms with Crippen molar-refractivity contribution in [3.05, 3.63) is 60.3 Å². The Kier molecular flexibility index (Phi) is 9.18. The minimum atomic E-state index is -0.319. The molecule has 0 saturated carbocycles. The fraction of sp³-hybridized carbons (Fsp3) is 0.267. The molecular weight excluding hydrogens is 229 g/mol. The molecule has 0 unspecified atom stereocenters. The summed E-state index contributed by atoms with van der Waals surface area (Å²) in [5.74, 6) is -0.0688. The number of aliphatic hydroxyl groups excluding tert-OH is 1. The smallest absolute Gasteiger partial charge is 0.119 e. The zero-order chi connectivity index (χ0) is 13.8. The molecular formula is C15H20FNO. The Hall–Kier alpha value is -1.90. The Morgan fingerprint density at radius 1 is 1.33 bits per heavy atom. The third kappa shape index (κ3) is 9.33. The van der Waals surface area contributed by atoms with Crippen LogP contribution in [0.4, 0.5) is 4.39 Å². The van der Waals surface area contributed by atoms with Crippen molar-refractivity contribution in [1.29, 1.82) is 0 Å². The average Bonchev–Trinajstić information content (AvgIpc) is 2.35. The van der Waals surface area contributed by atoms with E-state index in [4.69, 9.17) is 0 Å². The molecule has 98 valence electrons. The first-order chi connectivity index (χ1) is 8.60. The van der Waals surface area contributed by atoms with Gasteiger partial charge in [0.25, 0.3) is 0 Å². The van der Waals surface area contributed by atoms with Crippen LogP contribution in [0.25, 0.3) is 0 Å². The van der Waals surface area contributed by atoms with E-state index in [2.05, 4.69) is 11.6 Å². The zero-order valence-corrected chi connectivity index (χ0v) is 10.9. The van der Waals surface area contributed by atoms with Gasteiger partial charge in [0.2, 0.25) is 0 Å². The van der Waals surface area contributed by atoms with E-state index >= 15 is 0 Å². The van der Waals surface area contributed by atoms with Gasteiger partial charge < -0.3 is 5.11 Å². The molecule has 0 aromatic carbocycles. The molecule has 2 nitrogen and oxygen atoms in total. The summed E-state index contributed by atoms with van der Waals surface area (Å²) in [6, 6.07) is 0. The number of aliphatic hydroxyl groups is 1. The maximum absolute atomic E-state index is 12.7. The highest BCUT2D eigenvalue weighted by molar-refractivity contribution is 5.61. The van der Waals surface area contributed by atoms with Crippen molar-refractivity contribution in [2.45, 2.75) is 26.7 Å². The second-order valence-electron chi connectivity index (χ2n) is 3.49. The van der Waals surface area contributed by atoms with Gasteiger partial charge in [-0.25, -0.2) is 4.39 Å². The first-order valence-corrected chi connectivity index (χ1v) is 5.87. The first-order valence-electron chi connectivity index (χ1n) is 5.87. The van der Waals surface area contributed by atoms with Crippen LogP contribution in [0.3, 0.4) is 0 Å². The Morgan fingerprint density at radius 2 is 2.06 bits per heavy atom. The molecule has 0 atom stereocenters. The SMILES string of the molecule is C=C(/C=C\C(F)=C/C)/N=C/C/C=C\C(O)=C/CC. The van der Waals surface area contributed by atoms with Crippen LogP contribution >= 0.6 is 0 Å². The largest absolute Gasteiger partial charge is 0.508 e. The van der Waals surface area contributed by atoms with Gasteiger partial charge in [0.1, 0.15) is 11.6 Å². The van der Waals surface area contributed by atoms with Crippen LogP contribution in [0.15, 0.2) is 65.3 Å². The molecule has 0 aliphatic rings. The number of hydrogen-bond donors (Lipinski definition) is 1. The van der Waals surface area contributed by atoms with Gasteiger partial charge in [0, 0.05) is 12.6 Å². The van der Waals surface area contributed by atoms with Gasteiger partial charge in [0.15, 0.2) is 0 Å². The molecule has 0 radical (unpaired) electrons. The van der Waals surface area contributed by atoms with E-state index in [-0.39, 0.29) is 11.6 Å². The predicted molar refractivity (Wildman–Crippen MR) is 76.4 cm³/mol. The monoisotopic (exact) mass is 249 g/mol. The summed E-state index contributed by atoms with van der Waals surface area (Å²) in [5, 5.41) is 9.28. The molecule has 0 aromatic heterocycles. The summed E-state index contributed by atoms with van der Waals surface area (Å²) in [5.41, 5.74) is 0.480. The van der Waals surface area contributed by atoms with E-state index in [0.717, 1.165) is 6.42 Å². The molecule has 0 amide bonds. The molecule has 0 aliphatic heterocycles. The highest BCUT2D eigenvalue weighted by Crippen LogP contribution is 2.02. The van der Waals surface area contributed by atoms with Gasteiger partial charge in [-0.05, 0) is 37.6 Å². The summed E-state index contributed by atoms with van der Waals surface area (Å²) >= 11 is 0. The van der Waals surface area contributed by atoms with E-state index in [1.54, 1.807) is 31.4 Å². The highest BCUT2D eigenvalue weighted by atomic mass is 19.1. The second-order valence-corrected chi connectivity index (χ2v) is 3.49. The van der Waals surface area contributed by atoms with Crippen molar-refractivity contribution < 1.29 is 9.50 Å². The van der Waals surface area contributed by atoms with E-state index in [1.165, 1.54) is 18.2 Å². The van der Waals surface area contributed by atoms with E-state index in [1.807, 2.05) is 6.92 Å². The molecule has 0 aliphatic carbocycles. The molecule has 0 fully saturated rings. The maximum atomic E-state index is 12.7. The Bertz CT molecular complexity index is 401. The van der Waals surface area contributed by atoms with Crippen LogP contribution in [0.5, 0.6) is 0 Å². The van der Waals surface area contributed by atoms with Crippen LogP contribution in [0.2, 0.25) is 0 Å². The average molecular weight is 249 g/mol. The minimum absolute atomic E-state index is 0.250. The molecule has 0 heterocycles. The van der Waals surface area contributed by atoms with Gasteiger partial charge in [-0.2, -0.15) is 0 Å². The molecule has 0 saturated heterocycles. The predicted octanol–water partition coefficient (Wildman–Crippen LogP) is 4.80. The quantitative estimate of drug-likeness (QED) is 0.392. The van der Waals surface area contributed by atoms with Crippen molar-refractivity contribution in [1.82, 2.24) is 0 Å². The number of nitrogens with zero attached hydrogens (tertiary/aromatic N) is 1. The number of aliphatic imine (C=N–C) groups is 1. The van der Waals surface area contributed by atoms with E-state index in [9.17, 15) is 9.50 Å². The van der Waals surface area contributed by atoms with Crippen molar-refractivity contribution in [3.8, 4) is 0 Å². The third-order valence-electron chi connectivity index (χ3n) is 1.91. The maximum Gasteiger partial charge on any atom is 0.119 e. The number of rotatable bonds is 7. The summed E-state index contributed by atoms with van der Waals surface area (Å²) in [6.45, 7) is 7.23. The highest BCUT2D eigenvalue weighted by Gasteiger charge is 1.85. The van der Waals surface area contributed by atoms with Crippen molar-refractivity contribution in [3.63, 3.8) is 0 Å². The topological polar surface area (TPSA) is 32.6 Å². The van der Waals surface area contributed by atoms with E-state index < -0.39 is 0 Å². The normalized spacial score (nSPS) is 14.2. The minimum Gasteiger partial charge on any atom is -0.508 e. The number of allylic oxidation sites excluding steroid dienone is 7. The Morgan fingerprint density at radius 3 is 2.67 bits per heavy atom. The summed E-state index contributed by atoms with van der Waals surface area (Å²) in [6.07, 6.45) is 12.3. The zero-order valence-electron chi connectivity index (χ0n) is 10.9. The molecule has 0 spiro atoms. The van der Waals surface area contributed by atoms with Crippen LogP contribution in [-0.4, -0.2) is 11.3 Å². The second kappa shape index (κ2) is 10.3. The van der Waals surface area contributed by atoms with Gasteiger partial charge in [-0.1, -0.05) is 25.7 Å². The van der Waals surface area contributed by atoms with Crippen molar-refractivity contribution in [2.24, 2.45) is 4.99 Å². The molecule has 0 rings (SSSR count). The van der Waals surface area contributed by atoms with Crippen LogP contribution in [0.1, 0.15) is 26.7 Å². The summed E-state index contributed by atoms with van der Waals surface area (Å²) in [4.78, 5) is 4.02. The lowest BCUT2D eigenvalue weighted by atomic mass is 10.3. The van der Waals surface area contributed by atoms with Gasteiger partial charge in [-0.15, -0.1) is 0 Å². The third-order valence-corrected chi connectivity index (χ3v) is 1.91. The fourth-order valence-electron chi connectivity index (χ4n) is 1.01. The van der Waals surface area contributed by atoms with Crippen molar-refractivity contribution >= 4 is 6.21 Å². The lowest BCUT2D eigenvalue weighted by molar-refractivity contribution is 0.430. The summed E-state index contributed by atoms with van der Waals surface area (Å²) in [7, 11) is 0. The van der Waals surface area contributed by atoms with Gasteiger partial charge in [0.05, 0.1) is 5.70 Å². The first kappa shape index (κ1) is 16.1. The van der Waals surface area contributed by atoms with Gasteiger partial charge in [-0.3, -0.25) is 4.99 Å². The van der Waals surface area contributed by atoms with Crippen LogP contribution in [0, 0.1) is 0 Å². The number of hydrogen-bond acceptors (Lipinski definition) is 2. The van der Waals surface area contributed by atoms with Crippen LogP contribution < -0.4 is 0 Å². The molecule has 18 heavy (non-hydrogen) atoms. The lowest BCUT2D eigenvalue weighted by Crippen LogP contribution is -1.76. The molecule has 0 bridgehead atoms. The van der Waals surface area contributed by atoms with Gasteiger partial charge >= 0.3 is 0 Å². The fourth-order valence-corrected chi connectivity index (χ4v) is 1.01.